The molecule has 27 heavy (non-hydrogen) atoms. The molecular weight excluding hydrogens is 382 g/mol. The van der Waals surface area contributed by atoms with E-state index < -0.39 is 5.97 Å². The Morgan fingerprint density at radius 1 is 1.33 bits per heavy atom. The van der Waals surface area contributed by atoms with Crippen LogP contribution in [-0.2, 0) is 4.79 Å². The van der Waals surface area contributed by atoms with Gasteiger partial charge in [0.15, 0.2) is 0 Å². The van der Waals surface area contributed by atoms with E-state index >= 15 is 0 Å². The Balaban J connectivity index is 1.86. The monoisotopic (exact) mass is 401 g/mol. The first-order valence-corrected chi connectivity index (χ1v) is 9.68. The van der Waals surface area contributed by atoms with Gasteiger partial charge in [-0.25, -0.2) is 4.79 Å². The van der Waals surface area contributed by atoms with E-state index in [-0.39, 0.29) is 11.5 Å². The molecule has 0 aliphatic carbocycles. The predicted octanol–water partition coefficient (Wildman–Crippen LogP) is 4.81. The molecule has 0 atom stereocenters. The largest absolute Gasteiger partial charge is 0.478 e. The average Bonchev–Trinajstić information content (AvgIpc) is 3.15. The first-order valence-electron chi connectivity index (χ1n) is 8.45. The Kier molecular flexibility index (Phi) is 5.53. The van der Waals surface area contributed by atoms with Crippen molar-refractivity contribution in [3.8, 4) is 11.3 Å². The lowest BCUT2D eigenvalue weighted by Gasteiger charge is -2.16. The van der Waals surface area contributed by atoms with Crippen molar-refractivity contribution in [1.29, 1.82) is 0 Å². The van der Waals surface area contributed by atoms with Gasteiger partial charge in [0.1, 0.15) is 15.8 Å². The van der Waals surface area contributed by atoms with Crippen LogP contribution in [0.25, 0.3) is 17.4 Å². The number of carboxylic acid groups (broad SMARTS) is 1. The Morgan fingerprint density at radius 2 is 2.07 bits per heavy atom. The number of carbonyl (C=O) groups excluding carboxylic acids is 1. The summed E-state index contributed by atoms with van der Waals surface area (Å²) in [4.78, 5) is 26.0. The van der Waals surface area contributed by atoms with E-state index in [0.29, 0.717) is 44.3 Å². The van der Waals surface area contributed by atoms with Gasteiger partial charge < -0.3 is 9.52 Å². The quantitative estimate of drug-likeness (QED) is 0.573. The van der Waals surface area contributed by atoms with Crippen LogP contribution < -0.4 is 0 Å². The number of furan rings is 1. The molecular formula is C20H19NO4S2. The highest BCUT2D eigenvalue weighted by atomic mass is 32.2. The SMILES string of the molecule is Cc1ccc(-c2ccc(/C=C3\SC(=S)N(CC(C)C)C3=O)o2)cc1C(=O)O. The Morgan fingerprint density at radius 3 is 2.74 bits per heavy atom. The van der Waals surface area contributed by atoms with E-state index in [1.54, 1.807) is 42.2 Å². The minimum Gasteiger partial charge on any atom is -0.478 e. The number of carbonyl (C=O) groups is 2. The summed E-state index contributed by atoms with van der Waals surface area (Å²) in [5.74, 6) is 0.302. The average molecular weight is 402 g/mol. The van der Waals surface area contributed by atoms with Crippen LogP contribution in [0.3, 0.4) is 0 Å². The second-order valence-electron chi connectivity index (χ2n) is 6.72. The molecule has 0 spiro atoms. The molecule has 140 valence electrons. The van der Waals surface area contributed by atoms with Gasteiger partial charge in [-0.05, 0) is 36.6 Å². The van der Waals surface area contributed by atoms with Crippen LogP contribution in [0, 0.1) is 12.8 Å². The van der Waals surface area contributed by atoms with Gasteiger partial charge in [0.25, 0.3) is 5.91 Å². The van der Waals surface area contributed by atoms with Crippen molar-refractivity contribution in [2.75, 3.05) is 6.54 Å². The molecule has 1 aliphatic rings. The summed E-state index contributed by atoms with van der Waals surface area (Å²) in [6, 6.07) is 8.66. The van der Waals surface area contributed by atoms with Crippen molar-refractivity contribution in [3.05, 3.63) is 52.1 Å². The molecule has 2 aromatic rings. The standard InChI is InChI=1S/C20H19NO4S2/c1-11(2)10-21-18(22)17(27-20(21)26)9-14-6-7-16(25-14)13-5-4-12(3)15(8-13)19(23)24/h4-9,11H,10H2,1-3H3,(H,23,24)/b17-9-. The number of benzene rings is 1. The van der Waals surface area contributed by atoms with Crippen molar-refractivity contribution >= 4 is 46.3 Å². The topological polar surface area (TPSA) is 70.8 Å². The lowest BCUT2D eigenvalue weighted by molar-refractivity contribution is -0.122. The number of amides is 1. The van der Waals surface area contributed by atoms with Crippen molar-refractivity contribution < 1.29 is 19.1 Å². The maximum Gasteiger partial charge on any atom is 0.335 e. The van der Waals surface area contributed by atoms with E-state index in [1.807, 2.05) is 19.9 Å². The molecule has 0 unspecified atom stereocenters. The molecule has 1 saturated heterocycles. The zero-order valence-corrected chi connectivity index (χ0v) is 16.8. The number of carboxylic acids is 1. The first-order chi connectivity index (χ1) is 12.8. The van der Waals surface area contributed by atoms with Crippen LogP contribution >= 0.6 is 24.0 Å². The van der Waals surface area contributed by atoms with Gasteiger partial charge >= 0.3 is 5.97 Å². The number of thiocarbonyl (C=S) groups is 1. The number of rotatable bonds is 5. The van der Waals surface area contributed by atoms with Gasteiger partial charge in [-0.2, -0.15) is 0 Å². The molecule has 1 aromatic heterocycles. The van der Waals surface area contributed by atoms with Gasteiger partial charge in [0.2, 0.25) is 0 Å². The van der Waals surface area contributed by atoms with E-state index in [2.05, 4.69) is 0 Å². The number of thioether (sulfide) groups is 1. The van der Waals surface area contributed by atoms with Crippen molar-refractivity contribution in [2.24, 2.45) is 5.92 Å². The number of aromatic carboxylic acids is 1. The zero-order chi connectivity index (χ0) is 19.7. The van der Waals surface area contributed by atoms with Crippen LogP contribution in [0.4, 0.5) is 0 Å². The van der Waals surface area contributed by atoms with Crippen LogP contribution in [0.15, 0.2) is 39.7 Å². The third-order valence-corrected chi connectivity index (χ3v) is 5.45. The molecule has 1 aliphatic heterocycles. The molecule has 2 heterocycles. The lowest BCUT2D eigenvalue weighted by atomic mass is 10.0. The highest BCUT2D eigenvalue weighted by molar-refractivity contribution is 8.26. The van der Waals surface area contributed by atoms with E-state index in [9.17, 15) is 14.7 Å². The molecule has 0 saturated carbocycles. The third kappa shape index (κ3) is 4.14. The Labute approximate surface area is 167 Å². The smallest absolute Gasteiger partial charge is 0.335 e. The zero-order valence-electron chi connectivity index (χ0n) is 15.2. The highest BCUT2D eigenvalue weighted by Crippen LogP contribution is 2.34. The fourth-order valence-corrected chi connectivity index (χ4v) is 4.00. The fraction of sp³-hybridized carbons (Fsp3) is 0.250. The molecule has 5 nitrogen and oxygen atoms in total. The summed E-state index contributed by atoms with van der Waals surface area (Å²) >= 11 is 6.57. The summed E-state index contributed by atoms with van der Waals surface area (Å²) in [6.07, 6.45) is 1.68. The number of hydrogen-bond acceptors (Lipinski definition) is 5. The molecule has 0 radical (unpaired) electrons. The Bertz CT molecular complexity index is 959. The van der Waals surface area contributed by atoms with E-state index in [0.717, 1.165) is 0 Å². The van der Waals surface area contributed by atoms with Crippen molar-refractivity contribution in [3.63, 3.8) is 0 Å². The van der Waals surface area contributed by atoms with Crippen molar-refractivity contribution in [2.45, 2.75) is 20.8 Å². The van der Waals surface area contributed by atoms with Gasteiger partial charge in [0.05, 0.1) is 10.5 Å². The van der Waals surface area contributed by atoms with E-state index in [4.69, 9.17) is 16.6 Å². The summed E-state index contributed by atoms with van der Waals surface area (Å²) in [7, 11) is 0. The predicted molar refractivity (Wildman–Crippen MR) is 111 cm³/mol. The normalized spacial score (nSPS) is 16.0. The molecule has 1 fully saturated rings. The second-order valence-corrected chi connectivity index (χ2v) is 8.40. The minimum atomic E-state index is -0.977. The minimum absolute atomic E-state index is 0.111. The summed E-state index contributed by atoms with van der Waals surface area (Å²) in [6.45, 7) is 6.41. The Hall–Kier alpha value is -2.38. The first kappa shape index (κ1) is 19.4. The van der Waals surface area contributed by atoms with Gasteiger partial charge in [0, 0.05) is 18.2 Å². The number of aryl methyl sites for hydroxylation is 1. The van der Waals surface area contributed by atoms with E-state index in [1.165, 1.54) is 11.8 Å². The number of nitrogens with zero attached hydrogens (tertiary/aromatic N) is 1. The summed E-state index contributed by atoms with van der Waals surface area (Å²) < 4.78 is 6.36. The second kappa shape index (κ2) is 7.70. The molecule has 1 amide bonds. The molecule has 1 N–H and O–H groups in total. The maximum atomic E-state index is 12.5. The number of hydrogen-bond donors (Lipinski definition) is 1. The van der Waals surface area contributed by atoms with Crippen LogP contribution in [-0.4, -0.2) is 32.7 Å². The van der Waals surface area contributed by atoms with Gasteiger partial charge in [-0.15, -0.1) is 0 Å². The fourth-order valence-electron chi connectivity index (χ4n) is 2.74. The molecule has 1 aromatic carbocycles. The highest BCUT2D eigenvalue weighted by Gasteiger charge is 2.32. The van der Waals surface area contributed by atoms with Gasteiger partial charge in [-0.3, -0.25) is 9.69 Å². The summed E-state index contributed by atoms with van der Waals surface area (Å²) in [5, 5.41) is 9.28. The summed E-state index contributed by atoms with van der Waals surface area (Å²) in [5.41, 5.74) is 1.59. The lowest BCUT2D eigenvalue weighted by Crippen LogP contribution is -2.31. The maximum absolute atomic E-state index is 12.5. The van der Waals surface area contributed by atoms with Gasteiger partial charge in [-0.1, -0.05) is 50.0 Å². The van der Waals surface area contributed by atoms with Crippen LogP contribution in [0.5, 0.6) is 0 Å². The molecule has 7 heteroatoms. The molecule has 0 bridgehead atoms. The molecule has 3 rings (SSSR count). The van der Waals surface area contributed by atoms with Crippen molar-refractivity contribution in [1.82, 2.24) is 4.90 Å². The van der Waals surface area contributed by atoms with Crippen LogP contribution in [0.1, 0.15) is 35.5 Å². The van der Waals surface area contributed by atoms with Crippen LogP contribution in [0.2, 0.25) is 0 Å². The third-order valence-electron chi connectivity index (χ3n) is 4.07.